The molecule has 1 saturated carbocycles. The van der Waals surface area contributed by atoms with E-state index in [4.69, 9.17) is 4.74 Å². The number of benzene rings is 1. The standard InChI is InChI=1S/C16H19N3O2/c20-16(12-21-14-8-2-1-3-9-14)18-15-10-11-17-19(15)13-6-4-5-7-13/h1-3,8-11,13H,4-7,12H2,(H,18,20). The molecule has 2 aromatic rings. The summed E-state index contributed by atoms with van der Waals surface area (Å²) in [5.74, 6) is 1.28. The minimum Gasteiger partial charge on any atom is -0.484 e. The Balaban J connectivity index is 1.56. The number of amides is 1. The summed E-state index contributed by atoms with van der Waals surface area (Å²) in [6.45, 7) is -0.000139. The van der Waals surface area contributed by atoms with E-state index >= 15 is 0 Å². The summed E-state index contributed by atoms with van der Waals surface area (Å²) in [6, 6.07) is 11.6. The first-order chi connectivity index (χ1) is 10.3. The van der Waals surface area contributed by atoms with Crippen molar-refractivity contribution in [1.29, 1.82) is 0 Å². The van der Waals surface area contributed by atoms with Crippen molar-refractivity contribution in [2.45, 2.75) is 31.7 Å². The zero-order valence-corrected chi connectivity index (χ0v) is 11.9. The average Bonchev–Trinajstić information content (AvgIpc) is 3.17. The first-order valence-corrected chi connectivity index (χ1v) is 7.34. The Morgan fingerprint density at radius 2 is 2.00 bits per heavy atom. The van der Waals surface area contributed by atoms with Crippen molar-refractivity contribution in [2.24, 2.45) is 0 Å². The molecule has 21 heavy (non-hydrogen) atoms. The second-order valence-corrected chi connectivity index (χ2v) is 5.25. The summed E-state index contributed by atoms with van der Waals surface area (Å²) >= 11 is 0. The van der Waals surface area contributed by atoms with Crippen LogP contribution in [-0.2, 0) is 4.79 Å². The van der Waals surface area contributed by atoms with E-state index in [0.29, 0.717) is 11.8 Å². The Labute approximate surface area is 123 Å². The molecule has 0 bridgehead atoms. The highest BCUT2D eigenvalue weighted by Crippen LogP contribution is 2.31. The van der Waals surface area contributed by atoms with Crippen LogP contribution in [0.5, 0.6) is 5.75 Å². The van der Waals surface area contributed by atoms with Gasteiger partial charge in [-0.3, -0.25) is 4.79 Å². The Kier molecular flexibility index (Phi) is 4.19. The van der Waals surface area contributed by atoms with E-state index in [1.807, 2.05) is 41.1 Å². The number of ether oxygens (including phenoxy) is 1. The van der Waals surface area contributed by atoms with E-state index in [0.717, 1.165) is 18.7 Å². The van der Waals surface area contributed by atoms with E-state index in [9.17, 15) is 4.79 Å². The second kappa shape index (κ2) is 6.43. The van der Waals surface area contributed by atoms with Gasteiger partial charge in [-0.2, -0.15) is 5.10 Å². The van der Waals surface area contributed by atoms with Gasteiger partial charge in [-0.15, -0.1) is 0 Å². The lowest BCUT2D eigenvalue weighted by Crippen LogP contribution is -2.23. The zero-order chi connectivity index (χ0) is 14.5. The van der Waals surface area contributed by atoms with Crippen molar-refractivity contribution in [3.8, 4) is 5.75 Å². The maximum absolute atomic E-state index is 12.0. The number of hydrogen-bond donors (Lipinski definition) is 1. The van der Waals surface area contributed by atoms with Gasteiger partial charge in [0.25, 0.3) is 5.91 Å². The predicted molar refractivity (Wildman–Crippen MR) is 80.3 cm³/mol. The van der Waals surface area contributed by atoms with Crippen LogP contribution in [-0.4, -0.2) is 22.3 Å². The van der Waals surface area contributed by atoms with Crippen molar-refractivity contribution in [3.05, 3.63) is 42.6 Å². The highest BCUT2D eigenvalue weighted by Gasteiger charge is 2.20. The first kappa shape index (κ1) is 13.7. The number of nitrogens with zero attached hydrogens (tertiary/aromatic N) is 2. The third-order valence-electron chi connectivity index (χ3n) is 3.72. The molecule has 1 N–H and O–H groups in total. The third-order valence-corrected chi connectivity index (χ3v) is 3.72. The third kappa shape index (κ3) is 3.42. The van der Waals surface area contributed by atoms with Crippen LogP contribution >= 0.6 is 0 Å². The van der Waals surface area contributed by atoms with E-state index in [2.05, 4.69) is 10.4 Å². The zero-order valence-electron chi connectivity index (χ0n) is 11.9. The van der Waals surface area contributed by atoms with Crippen LogP contribution in [0.15, 0.2) is 42.6 Å². The van der Waals surface area contributed by atoms with Crippen molar-refractivity contribution in [3.63, 3.8) is 0 Å². The van der Waals surface area contributed by atoms with Crippen molar-refractivity contribution >= 4 is 11.7 Å². The molecule has 0 atom stereocenters. The first-order valence-electron chi connectivity index (χ1n) is 7.34. The Morgan fingerprint density at radius 1 is 1.24 bits per heavy atom. The summed E-state index contributed by atoms with van der Waals surface area (Å²) in [6.07, 6.45) is 6.45. The molecule has 110 valence electrons. The quantitative estimate of drug-likeness (QED) is 0.918. The van der Waals surface area contributed by atoms with Crippen molar-refractivity contribution < 1.29 is 9.53 Å². The summed E-state index contributed by atoms with van der Waals surface area (Å²) in [5.41, 5.74) is 0. The van der Waals surface area contributed by atoms with Gasteiger partial charge in [0.2, 0.25) is 0 Å². The lowest BCUT2D eigenvalue weighted by molar-refractivity contribution is -0.118. The molecular formula is C16H19N3O2. The van der Waals surface area contributed by atoms with Gasteiger partial charge in [0.1, 0.15) is 11.6 Å². The number of anilines is 1. The molecule has 5 nitrogen and oxygen atoms in total. The molecule has 0 aliphatic heterocycles. The second-order valence-electron chi connectivity index (χ2n) is 5.25. The highest BCUT2D eigenvalue weighted by molar-refractivity contribution is 5.91. The van der Waals surface area contributed by atoms with E-state index < -0.39 is 0 Å². The molecule has 0 unspecified atom stereocenters. The van der Waals surface area contributed by atoms with E-state index in [1.165, 1.54) is 12.8 Å². The largest absolute Gasteiger partial charge is 0.484 e. The Morgan fingerprint density at radius 3 is 2.76 bits per heavy atom. The molecule has 5 heteroatoms. The van der Waals surface area contributed by atoms with Gasteiger partial charge in [-0.25, -0.2) is 4.68 Å². The number of para-hydroxylation sites is 1. The molecule has 3 rings (SSSR count). The van der Waals surface area contributed by atoms with E-state index in [1.54, 1.807) is 6.20 Å². The minimum atomic E-state index is -0.168. The fraction of sp³-hybridized carbons (Fsp3) is 0.375. The van der Waals surface area contributed by atoms with E-state index in [-0.39, 0.29) is 12.5 Å². The van der Waals surface area contributed by atoms with Gasteiger partial charge < -0.3 is 10.1 Å². The fourth-order valence-electron chi connectivity index (χ4n) is 2.70. The molecule has 1 aliphatic carbocycles. The van der Waals surface area contributed by atoms with Crippen LogP contribution in [0.4, 0.5) is 5.82 Å². The molecule has 1 aromatic heterocycles. The van der Waals surface area contributed by atoms with Gasteiger partial charge >= 0.3 is 0 Å². The van der Waals surface area contributed by atoms with Crippen LogP contribution in [0.1, 0.15) is 31.7 Å². The summed E-state index contributed by atoms with van der Waals surface area (Å²) in [7, 11) is 0. The molecule has 1 aliphatic rings. The van der Waals surface area contributed by atoms with Crippen molar-refractivity contribution in [1.82, 2.24) is 9.78 Å². The SMILES string of the molecule is O=C(COc1ccccc1)Nc1ccnn1C1CCCC1. The van der Waals surface area contributed by atoms with Crippen LogP contribution in [0.25, 0.3) is 0 Å². The molecule has 0 spiro atoms. The normalized spacial score (nSPS) is 15.0. The predicted octanol–water partition coefficient (Wildman–Crippen LogP) is 3.02. The number of nitrogens with one attached hydrogen (secondary N) is 1. The Hall–Kier alpha value is -2.30. The van der Waals surface area contributed by atoms with Crippen LogP contribution in [0.3, 0.4) is 0 Å². The molecular weight excluding hydrogens is 266 g/mol. The highest BCUT2D eigenvalue weighted by atomic mass is 16.5. The lowest BCUT2D eigenvalue weighted by Gasteiger charge is -2.14. The minimum absolute atomic E-state index is 0.000139. The maximum atomic E-state index is 12.0. The number of carbonyl (C=O) groups excluding carboxylic acids is 1. The van der Waals surface area contributed by atoms with Gasteiger partial charge in [0, 0.05) is 6.07 Å². The summed E-state index contributed by atoms with van der Waals surface area (Å²) < 4.78 is 7.36. The summed E-state index contributed by atoms with van der Waals surface area (Å²) in [5, 5.41) is 7.20. The van der Waals surface area contributed by atoms with Gasteiger partial charge in [-0.05, 0) is 25.0 Å². The monoisotopic (exact) mass is 285 g/mol. The van der Waals surface area contributed by atoms with Gasteiger partial charge in [0.15, 0.2) is 6.61 Å². The fourth-order valence-corrected chi connectivity index (χ4v) is 2.70. The lowest BCUT2D eigenvalue weighted by atomic mass is 10.2. The molecule has 0 radical (unpaired) electrons. The van der Waals surface area contributed by atoms with Crippen LogP contribution < -0.4 is 10.1 Å². The molecule has 1 aromatic carbocycles. The molecule has 1 amide bonds. The molecule has 1 heterocycles. The average molecular weight is 285 g/mol. The van der Waals surface area contributed by atoms with Crippen LogP contribution in [0.2, 0.25) is 0 Å². The summed E-state index contributed by atoms with van der Waals surface area (Å²) in [4.78, 5) is 12.0. The topological polar surface area (TPSA) is 56.1 Å². The van der Waals surface area contributed by atoms with Crippen LogP contribution in [0, 0.1) is 0 Å². The van der Waals surface area contributed by atoms with Crippen molar-refractivity contribution in [2.75, 3.05) is 11.9 Å². The number of carbonyl (C=O) groups is 1. The molecule has 0 saturated heterocycles. The maximum Gasteiger partial charge on any atom is 0.263 e. The number of hydrogen-bond acceptors (Lipinski definition) is 3. The number of rotatable bonds is 5. The van der Waals surface area contributed by atoms with Gasteiger partial charge in [0.05, 0.1) is 12.2 Å². The smallest absolute Gasteiger partial charge is 0.263 e. The molecule has 1 fully saturated rings. The Bertz CT molecular complexity index is 589. The number of aromatic nitrogens is 2. The van der Waals surface area contributed by atoms with Gasteiger partial charge in [-0.1, -0.05) is 31.0 Å².